The second kappa shape index (κ2) is 7.97. The van der Waals surface area contributed by atoms with Gasteiger partial charge in [0, 0.05) is 11.3 Å². The van der Waals surface area contributed by atoms with E-state index in [-0.39, 0.29) is 6.04 Å². The first-order valence-electron chi connectivity index (χ1n) is 8.70. The Balaban J connectivity index is 1.79. The molecule has 0 radical (unpaired) electrons. The number of halogens is 3. The Hall–Kier alpha value is -1.32. The molecule has 1 heterocycles. The molecule has 0 spiro atoms. The Morgan fingerprint density at radius 1 is 1.37 bits per heavy atom. The summed E-state index contributed by atoms with van der Waals surface area (Å²) < 4.78 is 41.7. The fourth-order valence-electron chi connectivity index (χ4n) is 3.35. The first kappa shape index (κ1) is 20.4. The Labute approximate surface area is 163 Å². The Kier molecular flexibility index (Phi) is 6.02. The van der Waals surface area contributed by atoms with Crippen molar-refractivity contribution in [2.75, 3.05) is 6.26 Å². The zero-order valence-electron chi connectivity index (χ0n) is 14.8. The molecule has 1 saturated carbocycles. The van der Waals surface area contributed by atoms with Gasteiger partial charge in [0.15, 0.2) is 0 Å². The summed E-state index contributed by atoms with van der Waals surface area (Å²) in [5.74, 6) is -0.805. The molecule has 4 nitrogen and oxygen atoms in total. The normalized spacial score (nSPS) is 23.1. The Morgan fingerprint density at radius 3 is 2.78 bits per heavy atom. The molecular weight excluding hydrogens is 397 g/mol. The van der Waals surface area contributed by atoms with Crippen molar-refractivity contribution in [2.24, 2.45) is 0 Å². The average Bonchev–Trinajstić information content (AvgIpc) is 3.05. The molecule has 2 N–H and O–H groups in total. The number of nitrogens with one attached hydrogen (secondary N) is 1. The molecule has 0 unspecified atom stereocenters. The smallest absolute Gasteiger partial charge is 0.374 e. The van der Waals surface area contributed by atoms with Gasteiger partial charge in [-0.3, -0.25) is 4.79 Å². The number of carbonyl (C=O) groups excluding carboxylic acids is 1. The minimum atomic E-state index is -5.01. The van der Waals surface area contributed by atoms with Crippen molar-refractivity contribution in [1.29, 1.82) is 0 Å². The first-order chi connectivity index (χ1) is 12.7. The zero-order chi connectivity index (χ0) is 19.7. The summed E-state index contributed by atoms with van der Waals surface area (Å²) in [6, 6.07) is 6.41. The van der Waals surface area contributed by atoms with Crippen LogP contribution in [0.5, 0.6) is 0 Å². The molecule has 1 aromatic heterocycles. The van der Waals surface area contributed by atoms with Crippen LogP contribution in [0.3, 0.4) is 0 Å². The molecule has 0 saturated heterocycles. The van der Waals surface area contributed by atoms with E-state index in [4.69, 9.17) is 0 Å². The lowest BCUT2D eigenvalue weighted by Crippen LogP contribution is -2.48. The van der Waals surface area contributed by atoms with Gasteiger partial charge in [-0.25, -0.2) is 4.98 Å². The molecule has 148 valence electrons. The first-order valence-corrected chi connectivity index (χ1v) is 10.8. The van der Waals surface area contributed by atoms with Crippen molar-refractivity contribution in [3.05, 3.63) is 29.3 Å². The summed E-state index contributed by atoms with van der Waals surface area (Å²) in [6.45, 7) is 0. The van der Waals surface area contributed by atoms with E-state index < -0.39 is 29.1 Å². The summed E-state index contributed by atoms with van der Waals surface area (Å²) >= 11 is 2.46. The number of benzene rings is 1. The summed E-state index contributed by atoms with van der Waals surface area (Å²) in [5.41, 5.74) is -2.93. The standard InChI is InChI=1S/C18H21F3N2O2S2/c1-26-12-6-4-5-11(9-12)22-15(24)10-17(25,18(19,20)21)16-23-13-7-2-3-8-14(13)27-16/h2-3,7-8,11-12,25H,4-6,9-10H2,1H3,(H,22,24)/t11-,12-,17-/m1/s1. The number of aliphatic hydroxyl groups is 1. The third kappa shape index (κ3) is 4.41. The van der Waals surface area contributed by atoms with Crippen LogP contribution in [0, 0.1) is 0 Å². The van der Waals surface area contributed by atoms with Crippen LogP contribution in [0.15, 0.2) is 24.3 Å². The van der Waals surface area contributed by atoms with Gasteiger partial charge in [0.05, 0.1) is 16.6 Å². The van der Waals surface area contributed by atoms with Gasteiger partial charge in [0.2, 0.25) is 11.5 Å². The fraction of sp³-hybridized carbons (Fsp3) is 0.556. The van der Waals surface area contributed by atoms with Crippen LogP contribution in [0.2, 0.25) is 0 Å². The molecule has 3 atom stereocenters. The monoisotopic (exact) mass is 418 g/mol. The summed E-state index contributed by atoms with van der Waals surface area (Å²) in [5, 5.41) is 13.1. The summed E-state index contributed by atoms with van der Waals surface area (Å²) in [4.78, 5) is 16.3. The number of hydrogen-bond donors (Lipinski definition) is 2. The Morgan fingerprint density at radius 2 is 2.11 bits per heavy atom. The number of alkyl halides is 3. The molecular formula is C18H21F3N2O2S2. The maximum absolute atomic E-state index is 13.7. The maximum Gasteiger partial charge on any atom is 0.424 e. The number of amides is 1. The number of aromatic nitrogens is 1. The van der Waals surface area contributed by atoms with Crippen molar-refractivity contribution in [2.45, 2.75) is 55.2 Å². The van der Waals surface area contributed by atoms with Gasteiger partial charge in [-0.2, -0.15) is 24.9 Å². The molecule has 1 aromatic carbocycles. The third-order valence-electron chi connectivity index (χ3n) is 4.86. The van der Waals surface area contributed by atoms with Crippen molar-refractivity contribution >= 4 is 39.2 Å². The van der Waals surface area contributed by atoms with Gasteiger partial charge in [-0.15, -0.1) is 11.3 Å². The topological polar surface area (TPSA) is 62.2 Å². The van der Waals surface area contributed by atoms with E-state index in [1.807, 2.05) is 6.26 Å². The zero-order valence-corrected chi connectivity index (χ0v) is 16.4. The lowest BCUT2D eigenvalue weighted by Gasteiger charge is -2.31. The number of rotatable bonds is 5. The highest BCUT2D eigenvalue weighted by molar-refractivity contribution is 7.99. The fourth-order valence-corrected chi connectivity index (χ4v) is 5.25. The summed E-state index contributed by atoms with van der Waals surface area (Å²) in [7, 11) is 0. The van der Waals surface area contributed by atoms with Crippen molar-refractivity contribution < 1.29 is 23.1 Å². The highest BCUT2D eigenvalue weighted by Crippen LogP contribution is 2.44. The van der Waals surface area contributed by atoms with Gasteiger partial charge >= 0.3 is 6.18 Å². The second-order valence-electron chi connectivity index (χ2n) is 6.81. The van der Waals surface area contributed by atoms with E-state index in [1.54, 1.807) is 36.0 Å². The number of nitrogens with zero attached hydrogens (tertiary/aromatic N) is 1. The molecule has 1 fully saturated rings. The lowest BCUT2D eigenvalue weighted by molar-refractivity contribution is -0.267. The third-order valence-corrected chi connectivity index (χ3v) is 7.14. The molecule has 2 aromatic rings. The van der Waals surface area contributed by atoms with Crippen LogP contribution in [0.25, 0.3) is 10.2 Å². The van der Waals surface area contributed by atoms with E-state index in [2.05, 4.69) is 10.3 Å². The second-order valence-corrected chi connectivity index (χ2v) is 8.98. The van der Waals surface area contributed by atoms with Crippen LogP contribution in [-0.2, 0) is 10.4 Å². The molecule has 0 aliphatic heterocycles. The van der Waals surface area contributed by atoms with Crippen LogP contribution in [-0.4, -0.2) is 39.7 Å². The SMILES string of the molecule is CS[C@@H]1CCC[C@@H](NC(=O)C[C@@](O)(c2nc3ccccc3s2)C(F)(F)F)C1. The quantitative estimate of drug-likeness (QED) is 0.763. The van der Waals surface area contributed by atoms with Crippen molar-refractivity contribution in [3.8, 4) is 0 Å². The average molecular weight is 419 g/mol. The van der Waals surface area contributed by atoms with Crippen LogP contribution < -0.4 is 5.32 Å². The highest BCUT2D eigenvalue weighted by atomic mass is 32.2. The molecule has 0 bridgehead atoms. The number of para-hydroxylation sites is 1. The van der Waals surface area contributed by atoms with E-state index in [1.165, 1.54) is 0 Å². The van der Waals surface area contributed by atoms with E-state index in [0.29, 0.717) is 15.5 Å². The largest absolute Gasteiger partial charge is 0.424 e. The predicted molar refractivity (Wildman–Crippen MR) is 102 cm³/mol. The molecule has 1 amide bonds. The minimum Gasteiger partial charge on any atom is -0.374 e. The molecule has 3 rings (SSSR count). The van der Waals surface area contributed by atoms with Crippen LogP contribution in [0.4, 0.5) is 13.2 Å². The van der Waals surface area contributed by atoms with Crippen molar-refractivity contribution in [3.63, 3.8) is 0 Å². The molecule has 1 aliphatic carbocycles. The summed E-state index contributed by atoms with van der Waals surface area (Å²) in [6.07, 6.45) is -0.649. The number of thiazole rings is 1. The lowest BCUT2D eigenvalue weighted by atomic mass is 9.93. The maximum atomic E-state index is 13.7. The van der Waals surface area contributed by atoms with Gasteiger partial charge in [-0.05, 0) is 37.7 Å². The molecule has 1 aliphatic rings. The van der Waals surface area contributed by atoms with Gasteiger partial charge in [0.25, 0.3) is 0 Å². The van der Waals surface area contributed by atoms with Gasteiger partial charge in [-0.1, -0.05) is 18.6 Å². The number of hydrogen-bond acceptors (Lipinski definition) is 5. The highest BCUT2D eigenvalue weighted by Gasteiger charge is 2.58. The molecule has 9 heteroatoms. The van der Waals surface area contributed by atoms with Crippen molar-refractivity contribution in [1.82, 2.24) is 10.3 Å². The van der Waals surface area contributed by atoms with Gasteiger partial charge < -0.3 is 10.4 Å². The number of thioether (sulfide) groups is 1. The minimum absolute atomic E-state index is 0.156. The number of fused-ring (bicyclic) bond motifs is 1. The molecule has 27 heavy (non-hydrogen) atoms. The van der Waals surface area contributed by atoms with Crippen LogP contribution >= 0.6 is 23.1 Å². The van der Waals surface area contributed by atoms with E-state index >= 15 is 0 Å². The predicted octanol–water partition coefficient (Wildman–Crippen LogP) is 4.23. The number of carbonyl (C=O) groups is 1. The van der Waals surface area contributed by atoms with E-state index in [0.717, 1.165) is 37.0 Å². The van der Waals surface area contributed by atoms with E-state index in [9.17, 15) is 23.1 Å². The van der Waals surface area contributed by atoms with Gasteiger partial charge in [0.1, 0.15) is 5.01 Å². The Bertz CT molecular complexity index is 778. The van der Waals surface area contributed by atoms with Crippen LogP contribution in [0.1, 0.15) is 37.1 Å².